The topological polar surface area (TPSA) is 12.0 Å². The first-order valence-corrected chi connectivity index (χ1v) is 5.72. The van der Waals surface area contributed by atoms with E-state index in [4.69, 9.17) is 0 Å². The molecule has 1 atom stereocenters. The van der Waals surface area contributed by atoms with Crippen molar-refractivity contribution in [3.63, 3.8) is 0 Å². The van der Waals surface area contributed by atoms with Crippen molar-refractivity contribution in [2.45, 2.75) is 32.2 Å². The van der Waals surface area contributed by atoms with Crippen molar-refractivity contribution >= 4 is 6.08 Å². The molecule has 0 spiro atoms. The number of hydrogen-bond acceptors (Lipinski definition) is 1. The molecule has 0 aliphatic rings. The van der Waals surface area contributed by atoms with E-state index in [0.717, 1.165) is 0 Å². The van der Waals surface area contributed by atoms with Crippen LogP contribution >= 0.6 is 0 Å². The van der Waals surface area contributed by atoms with Crippen LogP contribution in [0.1, 0.15) is 43.4 Å². The van der Waals surface area contributed by atoms with Gasteiger partial charge in [-0.05, 0) is 24.6 Å². The molecule has 82 valence electrons. The fourth-order valence-corrected chi connectivity index (χ4v) is 1.88. The van der Waals surface area contributed by atoms with Gasteiger partial charge >= 0.3 is 0 Å². The average molecular weight is 203 g/mol. The molecule has 0 aromatic heterocycles. The van der Waals surface area contributed by atoms with Gasteiger partial charge in [-0.25, -0.2) is 0 Å². The normalized spacial score (nSPS) is 12.4. The van der Waals surface area contributed by atoms with E-state index in [0.29, 0.717) is 6.04 Å². The minimum Gasteiger partial charge on any atom is -0.313 e. The van der Waals surface area contributed by atoms with Crippen LogP contribution in [-0.2, 0) is 0 Å². The molecule has 0 radical (unpaired) electrons. The summed E-state index contributed by atoms with van der Waals surface area (Å²) in [6.07, 6.45) is 5.63. The Bertz CT molecular complexity index is 304. The molecular formula is C14H21N. The maximum absolute atomic E-state index is 3.86. The molecule has 0 aliphatic carbocycles. The fourth-order valence-electron chi connectivity index (χ4n) is 1.88. The molecule has 1 nitrogen and oxygen atoms in total. The van der Waals surface area contributed by atoms with Gasteiger partial charge in [-0.2, -0.15) is 0 Å². The minimum absolute atomic E-state index is 0.458. The molecule has 1 aromatic rings. The zero-order valence-corrected chi connectivity index (χ0v) is 9.79. The van der Waals surface area contributed by atoms with Gasteiger partial charge in [0.15, 0.2) is 0 Å². The van der Waals surface area contributed by atoms with E-state index in [1.54, 1.807) is 0 Å². The number of benzene rings is 1. The van der Waals surface area contributed by atoms with Gasteiger partial charge in [-0.1, -0.05) is 56.7 Å². The van der Waals surface area contributed by atoms with Crippen molar-refractivity contribution in [1.82, 2.24) is 5.32 Å². The van der Waals surface area contributed by atoms with Crippen molar-refractivity contribution in [2.24, 2.45) is 0 Å². The molecule has 1 rings (SSSR count). The van der Waals surface area contributed by atoms with Crippen LogP contribution in [0.25, 0.3) is 6.08 Å². The van der Waals surface area contributed by atoms with Crippen molar-refractivity contribution in [3.05, 3.63) is 42.0 Å². The lowest BCUT2D eigenvalue weighted by Crippen LogP contribution is -2.17. The molecule has 1 N–H and O–H groups in total. The summed E-state index contributed by atoms with van der Waals surface area (Å²) in [6, 6.07) is 8.93. The second-order valence-corrected chi connectivity index (χ2v) is 3.82. The summed E-state index contributed by atoms with van der Waals surface area (Å²) in [7, 11) is 2.03. The lowest BCUT2D eigenvalue weighted by atomic mass is 9.96. The number of rotatable bonds is 6. The summed E-state index contributed by atoms with van der Waals surface area (Å²) in [6.45, 7) is 6.09. The van der Waals surface area contributed by atoms with Crippen LogP contribution in [0.3, 0.4) is 0 Å². The van der Waals surface area contributed by atoms with Crippen LogP contribution in [0, 0.1) is 0 Å². The maximum Gasteiger partial charge on any atom is 0.0323 e. The molecule has 1 heteroatoms. The van der Waals surface area contributed by atoms with Crippen LogP contribution < -0.4 is 5.32 Å². The first-order chi connectivity index (χ1) is 7.33. The lowest BCUT2D eigenvalue weighted by molar-refractivity contribution is 0.522. The van der Waals surface area contributed by atoms with Crippen LogP contribution in [0.2, 0.25) is 0 Å². The highest BCUT2D eigenvalue weighted by Crippen LogP contribution is 2.23. The van der Waals surface area contributed by atoms with Gasteiger partial charge in [0.1, 0.15) is 0 Å². The highest BCUT2D eigenvalue weighted by atomic mass is 14.9. The Hall–Kier alpha value is -1.08. The third kappa shape index (κ3) is 3.21. The minimum atomic E-state index is 0.458. The van der Waals surface area contributed by atoms with Crippen LogP contribution in [0.4, 0.5) is 0 Å². The second-order valence-electron chi connectivity index (χ2n) is 3.82. The molecule has 0 bridgehead atoms. The third-order valence-corrected chi connectivity index (χ3v) is 2.79. The van der Waals surface area contributed by atoms with Crippen LogP contribution in [-0.4, -0.2) is 7.05 Å². The summed E-state index contributed by atoms with van der Waals surface area (Å²) < 4.78 is 0. The first kappa shape index (κ1) is 12.0. The maximum atomic E-state index is 3.86. The molecule has 1 unspecified atom stereocenters. The molecule has 0 fully saturated rings. The van der Waals surface area contributed by atoms with E-state index in [1.165, 1.54) is 30.4 Å². The first-order valence-electron chi connectivity index (χ1n) is 5.72. The predicted octanol–water partition coefficient (Wildman–Crippen LogP) is 3.78. The quantitative estimate of drug-likeness (QED) is 0.742. The smallest absolute Gasteiger partial charge is 0.0323 e. The standard InChI is InChI=1S/C14H21N/c1-4-6-11-14(15-3)13-10-8-7-9-12(13)5-2/h5,7-10,14-15H,2,4,6,11H2,1,3H3. The van der Waals surface area contributed by atoms with Gasteiger partial charge in [-0.3, -0.25) is 0 Å². The van der Waals surface area contributed by atoms with Crippen molar-refractivity contribution < 1.29 is 0 Å². The van der Waals surface area contributed by atoms with Gasteiger partial charge in [0, 0.05) is 6.04 Å². The van der Waals surface area contributed by atoms with Gasteiger partial charge in [0.25, 0.3) is 0 Å². The van der Waals surface area contributed by atoms with E-state index in [-0.39, 0.29) is 0 Å². The van der Waals surface area contributed by atoms with Crippen LogP contribution in [0.5, 0.6) is 0 Å². The Balaban J connectivity index is 2.85. The molecule has 0 amide bonds. The zero-order chi connectivity index (χ0) is 11.1. The fraction of sp³-hybridized carbons (Fsp3) is 0.429. The summed E-state index contributed by atoms with van der Waals surface area (Å²) in [5, 5.41) is 3.38. The monoisotopic (exact) mass is 203 g/mol. The summed E-state index contributed by atoms with van der Waals surface area (Å²) in [5.41, 5.74) is 2.61. The molecule has 1 aromatic carbocycles. The van der Waals surface area contributed by atoms with Gasteiger partial charge in [0.05, 0.1) is 0 Å². The molecule has 15 heavy (non-hydrogen) atoms. The predicted molar refractivity (Wildman–Crippen MR) is 67.9 cm³/mol. The summed E-state index contributed by atoms with van der Waals surface area (Å²) in [4.78, 5) is 0. The van der Waals surface area contributed by atoms with E-state index in [1.807, 2.05) is 13.1 Å². The van der Waals surface area contributed by atoms with E-state index in [9.17, 15) is 0 Å². The van der Waals surface area contributed by atoms with Crippen LogP contribution in [0.15, 0.2) is 30.8 Å². The zero-order valence-electron chi connectivity index (χ0n) is 9.79. The van der Waals surface area contributed by atoms with Gasteiger partial charge in [0.2, 0.25) is 0 Å². The Kier molecular flexibility index (Phi) is 5.13. The van der Waals surface area contributed by atoms with E-state index >= 15 is 0 Å². The Morgan fingerprint density at radius 1 is 1.40 bits per heavy atom. The summed E-state index contributed by atoms with van der Waals surface area (Å²) >= 11 is 0. The van der Waals surface area contributed by atoms with Crippen molar-refractivity contribution in [3.8, 4) is 0 Å². The Morgan fingerprint density at radius 3 is 2.73 bits per heavy atom. The van der Waals surface area contributed by atoms with Gasteiger partial charge < -0.3 is 5.32 Å². The highest BCUT2D eigenvalue weighted by molar-refractivity contribution is 5.52. The number of nitrogens with one attached hydrogen (secondary N) is 1. The third-order valence-electron chi connectivity index (χ3n) is 2.79. The Labute approximate surface area is 93.2 Å². The van der Waals surface area contributed by atoms with E-state index in [2.05, 4.69) is 43.1 Å². The van der Waals surface area contributed by atoms with Crippen molar-refractivity contribution in [2.75, 3.05) is 7.05 Å². The molecule has 0 aliphatic heterocycles. The molecule has 0 saturated carbocycles. The number of unbranched alkanes of at least 4 members (excludes halogenated alkanes) is 1. The molecule has 0 heterocycles. The largest absolute Gasteiger partial charge is 0.313 e. The second kappa shape index (κ2) is 6.41. The highest BCUT2D eigenvalue weighted by Gasteiger charge is 2.10. The molecule has 0 saturated heterocycles. The average Bonchev–Trinajstić information content (AvgIpc) is 2.30. The van der Waals surface area contributed by atoms with Crippen molar-refractivity contribution in [1.29, 1.82) is 0 Å². The Morgan fingerprint density at radius 2 is 2.13 bits per heavy atom. The summed E-state index contributed by atoms with van der Waals surface area (Å²) in [5.74, 6) is 0. The van der Waals surface area contributed by atoms with Gasteiger partial charge in [-0.15, -0.1) is 0 Å². The van der Waals surface area contributed by atoms with E-state index < -0.39 is 0 Å². The SMILES string of the molecule is C=Cc1ccccc1C(CCCC)NC. The number of hydrogen-bond donors (Lipinski definition) is 1. The molecular weight excluding hydrogens is 182 g/mol. The lowest BCUT2D eigenvalue weighted by Gasteiger charge is -2.18.